The van der Waals surface area contributed by atoms with E-state index < -0.39 is 26.2 Å². The minimum absolute atomic E-state index is 0.301. The molecule has 2 unspecified atom stereocenters. The second kappa shape index (κ2) is 5.10. The Morgan fingerprint density at radius 2 is 1.59 bits per heavy atom. The van der Waals surface area contributed by atoms with Gasteiger partial charge in [-0.25, -0.2) is 0 Å². The van der Waals surface area contributed by atoms with Crippen molar-refractivity contribution in [1.29, 1.82) is 0 Å². The molecule has 0 aromatic carbocycles. The standard InChI is InChI=1S/C8H18O7P2/c1-15-17(13,14)8(9,16(10,11)12)7-5-3-2-4-6-7/h7,9H,2-6H2,1H3,(H,13,14)(H2,10,11,12). The molecule has 102 valence electrons. The SMILES string of the molecule is COP(=O)(O)C(O)(C1CCCCC1)P(=O)(O)O. The van der Waals surface area contributed by atoms with E-state index in [0.29, 0.717) is 25.7 Å². The zero-order valence-corrected chi connectivity index (χ0v) is 11.3. The Hall–Kier alpha value is 0.260. The van der Waals surface area contributed by atoms with Crippen LogP contribution < -0.4 is 0 Å². The van der Waals surface area contributed by atoms with Crippen molar-refractivity contribution in [3.8, 4) is 0 Å². The van der Waals surface area contributed by atoms with E-state index in [2.05, 4.69) is 4.52 Å². The molecule has 0 heterocycles. The first-order valence-corrected chi connectivity index (χ1v) is 8.52. The lowest BCUT2D eigenvalue weighted by molar-refractivity contribution is 0.0567. The second-order valence-electron chi connectivity index (χ2n) is 4.27. The van der Waals surface area contributed by atoms with Crippen LogP contribution in [-0.2, 0) is 13.7 Å². The lowest BCUT2D eigenvalue weighted by atomic mass is 9.89. The van der Waals surface area contributed by atoms with Crippen molar-refractivity contribution >= 4 is 15.2 Å². The van der Waals surface area contributed by atoms with Gasteiger partial charge in [-0.1, -0.05) is 19.3 Å². The molecule has 0 bridgehead atoms. The maximum Gasteiger partial charge on any atom is 0.372 e. The largest absolute Gasteiger partial charge is 0.372 e. The van der Waals surface area contributed by atoms with E-state index in [-0.39, 0.29) is 0 Å². The summed E-state index contributed by atoms with van der Waals surface area (Å²) in [5, 5.41) is 7.11. The monoisotopic (exact) mass is 288 g/mol. The van der Waals surface area contributed by atoms with Crippen molar-refractivity contribution in [2.45, 2.75) is 37.2 Å². The third kappa shape index (κ3) is 2.66. The Balaban J connectivity index is 3.19. The molecule has 0 aromatic rings. The van der Waals surface area contributed by atoms with Crippen LogP contribution in [0, 0.1) is 5.92 Å². The number of hydrogen-bond donors (Lipinski definition) is 4. The molecule has 0 aromatic heterocycles. The van der Waals surface area contributed by atoms with Gasteiger partial charge in [-0.2, -0.15) is 0 Å². The molecule has 1 aliphatic carbocycles. The second-order valence-corrected chi connectivity index (χ2v) is 8.48. The van der Waals surface area contributed by atoms with Crippen molar-refractivity contribution in [1.82, 2.24) is 0 Å². The van der Waals surface area contributed by atoms with Gasteiger partial charge in [0.25, 0.3) is 5.08 Å². The van der Waals surface area contributed by atoms with Crippen molar-refractivity contribution in [2.75, 3.05) is 7.11 Å². The van der Waals surface area contributed by atoms with Gasteiger partial charge in [0.2, 0.25) is 0 Å². The molecule has 0 amide bonds. The first kappa shape index (κ1) is 15.3. The average Bonchev–Trinajstić information content (AvgIpc) is 2.27. The highest BCUT2D eigenvalue weighted by Gasteiger charge is 2.64. The van der Waals surface area contributed by atoms with Crippen LogP contribution in [0.4, 0.5) is 0 Å². The molecule has 9 heteroatoms. The van der Waals surface area contributed by atoms with Gasteiger partial charge in [0.1, 0.15) is 0 Å². The predicted molar refractivity (Wildman–Crippen MR) is 60.4 cm³/mol. The summed E-state index contributed by atoms with van der Waals surface area (Å²) in [6, 6.07) is 0. The molecule has 2 atom stereocenters. The minimum atomic E-state index is -5.18. The van der Waals surface area contributed by atoms with Crippen molar-refractivity contribution < 1.29 is 33.4 Å². The van der Waals surface area contributed by atoms with Gasteiger partial charge in [0, 0.05) is 13.0 Å². The smallest absolute Gasteiger partial charge is 0.367 e. The third-order valence-electron chi connectivity index (χ3n) is 3.24. The first-order chi connectivity index (χ1) is 7.67. The molecule has 1 saturated carbocycles. The van der Waals surface area contributed by atoms with Crippen LogP contribution in [-0.4, -0.2) is 32.0 Å². The van der Waals surface area contributed by atoms with E-state index in [0.717, 1.165) is 13.5 Å². The van der Waals surface area contributed by atoms with Crippen LogP contribution in [0.5, 0.6) is 0 Å². The quantitative estimate of drug-likeness (QED) is 0.573. The summed E-state index contributed by atoms with van der Waals surface area (Å²) in [6.45, 7) is 0. The first-order valence-electron chi connectivity index (χ1n) is 5.33. The molecule has 0 saturated heterocycles. The summed E-state index contributed by atoms with van der Waals surface area (Å²) in [5.74, 6) is -0.923. The molecule has 0 radical (unpaired) electrons. The average molecular weight is 288 g/mol. The van der Waals surface area contributed by atoms with E-state index in [4.69, 9.17) is 0 Å². The fourth-order valence-electron chi connectivity index (χ4n) is 2.26. The number of rotatable bonds is 4. The predicted octanol–water partition coefficient (Wildman–Crippen LogP) is 1.22. The maximum atomic E-state index is 11.7. The third-order valence-corrected chi connectivity index (χ3v) is 7.70. The summed E-state index contributed by atoms with van der Waals surface area (Å²) < 4.78 is 27.4. The van der Waals surface area contributed by atoms with Crippen LogP contribution in [0.15, 0.2) is 0 Å². The van der Waals surface area contributed by atoms with Gasteiger partial charge in [0.05, 0.1) is 0 Å². The van der Waals surface area contributed by atoms with Crippen LogP contribution in [0.25, 0.3) is 0 Å². The Morgan fingerprint density at radius 3 is 1.94 bits per heavy atom. The summed E-state index contributed by atoms with van der Waals surface area (Å²) >= 11 is 0. The Morgan fingerprint density at radius 1 is 1.12 bits per heavy atom. The van der Waals surface area contributed by atoms with Crippen molar-refractivity contribution in [2.24, 2.45) is 5.92 Å². The summed E-state index contributed by atoms with van der Waals surface area (Å²) in [4.78, 5) is 27.9. The van der Waals surface area contributed by atoms with Gasteiger partial charge in [-0.05, 0) is 12.8 Å². The molecule has 17 heavy (non-hydrogen) atoms. The molecule has 1 fully saturated rings. The lowest BCUT2D eigenvalue weighted by Gasteiger charge is -2.39. The number of aliphatic hydroxyl groups is 1. The van der Waals surface area contributed by atoms with Crippen molar-refractivity contribution in [3.05, 3.63) is 0 Å². The van der Waals surface area contributed by atoms with Gasteiger partial charge in [-0.15, -0.1) is 0 Å². The van der Waals surface area contributed by atoms with E-state index in [9.17, 15) is 28.9 Å². The fourth-order valence-corrected chi connectivity index (χ4v) is 5.54. The normalized spacial score (nSPS) is 26.2. The zero-order chi connectivity index (χ0) is 13.3. The topological polar surface area (TPSA) is 124 Å². The zero-order valence-electron chi connectivity index (χ0n) is 9.52. The Bertz CT molecular complexity index is 359. The Labute approximate surface area is 99.5 Å². The van der Waals surface area contributed by atoms with Crippen LogP contribution in [0.1, 0.15) is 32.1 Å². The molecule has 7 nitrogen and oxygen atoms in total. The Kier molecular flexibility index (Phi) is 4.59. The summed E-state index contributed by atoms with van der Waals surface area (Å²) in [5.41, 5.74) is 0. The molecule has 4 N–H and O–H groups in total. The highest BCUT2D eigenvalue weighted by atomic mass is 31.2. The van der Waals surface area contributed by atoms with Crippen LogP contribution in [0.2, 0.25) is 0 Å². The molecular formula is C8H18O7P2. The van der Waals surface area contributed by atoms with Crippen LogP contribution in [0.3, 0.4) is 0 Å². The van der Waals surface area contributed by atoms with E-state index in [1.165, 1.54) is 0 Å². The highest BCUT2D eigenvalue weighted by molar-refractivity contribution is 7.72. The van der Waals surface area contributed by atoms with Gasteiger partial charge >= 0.3 is 15.2 Å². The maximum absolute atomic E-state index is 11.7. The molecular weight excluding hydrogens is 270 g/mol. The minimum Gasteiger partial charge on any atom is -0.367 e. The summed E-state index contributed by atoms with van der Waals surface area (Å²) in [7, 11) is -9.12. The van der Waals surface area contributed by atoms with Crippen molar-refractivity contribution in [3.63, 3.8) is 0 Å². The molecule has 1 aliphatic rings. The van der Waals surface area contributed by atoms with Gasteiger partial charge < -0.3 is 24.3 Å². The van der Waals surface area contributed by atoms with E-state index in [1.807, 2.05) is 0 Å². The van der Waals surface area contributed by atoms with Crippen LogP contribution >= 0.6 is 15.2 Å². The fraction of sp³-hybridized carbons (Fsp3) is 1.00. The summed E-state index contributed by atoms with van der Waals surface area (Å²) in [6.07, 6.45) is 2.81. The van der Waals surface area contributed by atoms with Gasteiger partial charge in [-0.3, -0.25) is 9.13 Å². The molecule has 1 rings (SSSR count). The highest BCUT2D eigenvalue weighted by Crippen LogP contribution is 2.73. The lowest BCUT2D eigenvalue weighted by Crippen LogP contribution is -2.39. The molecule has 0 aliphatic heterocycles. The van der Waals surface area contributed by atoms with E-state index >= 15 is 0 Å². The number of hydrogen-bond acceptors (Lipinski definition) is 4. The van der Waals surface area contributed by atoms with E-state index in [1.54, 1.807) is 0 Å². The van der Waals surface area contributed by atoms with Gasteiger partial charge in [0.15, 0.2) is 0 Å². The molecule has 0 spiro atoms.